The molecule has 5 fully saturated rings. The van der Waals surface area contributed by atoms with Crippen LogP contribution in [0, 0.1) is 50.2 Å². The number of carboxylic acid groups (broad SMARTS) is 1. The third-order valence-corrected chi connectivity index (χ3v) is 14.8. The summed E-state index contributed by atoms with van der Waals surface area (Å²) in [6, 6.07) is -0.659. The molecule has 0 bridgehead atoms. The van der Waals surface area contributed by atoms with Gasteiger partial charge >= 0.3 is 5.97 Å². The zero-order valence-electron chi connectivity index (χ0n) is 26.3. The van der Waals surface area contributed by atoms with Gasteiger partial charge in [0.15, 0.2) is 0 Å². The lowest BCUT2D eigenvalue weighted by molar-refractivity contribution is -0.204. The molecule has 0 aromatic carbocycles. The van der Waals surface area contributed by atoms with Crippen LogP contribution in [0.15, 0.2) is 11.6 Å². The zero-order valence-corrected chi connectivity index (χ0v) is 26.3. The Morgan fingerprint density at radius 1 is 0.875 bits per heavy atom. The van der Waals surface area contributed by atoms with Crippen LogP contribution >= 0.6 is 0 Å². The highest BCUT2D eigenvalue weighted by Gasteiger charge is 2.69. The summed E-state index contributed by atoms with van der Waals surface area (Å²) in [6.45, 7) is 17.6. The lowest BCUT2D eigenvalue weighted by Crippen LogP contribution is -2.65. The van der Waals surface area contributed by atoms with Crippen LogP contribution in [0.2, 0.25) is 0 Å². The molecule has 0 radical (unpaired) electrons. The van der Waals surface area contributed by atoms with Crippen molar-refractivity contribution in [2.75, 3.05) is 6.54 Å². The van der Waals surface area contributed by atoms with E-state index in [-0.39, 0.29) is 45.0 Å². The second-order valence-electron chi connectivity index (χ2n) is 17.2. The molecule has 6 aliphatic rings. The molecule has 0 aromatic rings. The van der Waals surface area contributed by atoms with Crippen LogP contribution in [0.25, 0.3) is 0 Å². The van der Waals surface area contributed by atoms with Crippen molar-refractivity contribution in [2.24, 2.45) is 50.2 Å². The molecular formula is C35H55NO4. The lowest BCUT2D eigenvalue weighted by atomic mass is 9.33. The number of nitrogens with zero attached hydrogens (tertiary/aromatic N) is 1. The molecule has 5 nitrogen and oxygen atoms in total. The van der Waals surface area contributed by atoms with Crippen molar-refractivity contribution in [3.63, 3.8) is 0 Å². The number of carbonyl (C=O) groups excluding carboxylic acids is 1. The van der Waals surface area contributed by atoms with Gasteiger partial charge in [0, 0.05) is 6.54 Å². The van der Waals surface area contributed by atoms with Crippen LogP contribution in [-0.2, 0) is 9.59 Å². The van der Waals surface area contributed by atoms with E-state index in [4.69, 9.17) is 0 Å². The van der Waals surface area contributed by atoms with Gasteiger partial charge < -0.3 is 15.1 Å². The van der Waals surface area contributed by atoms with Gasteiger partial charge in [-0.1, -0.05) is 60.1 Å². The summed E-state index contributed by atoms with van der Waals surface area (Å²) in [4.78, 5) is 28.5. The molecule has 9 atom stereocenters. The largest absolute Gasteiger partial charge is 0.480 e. The number of aliphatic carboxylic acids is 1. The first-order valence-electron chi connectivity index (χ1n) is 16.5. The van der Waals surface area contributed by atoms with E-state index in [0.29, 0.717) is 24.8 Å². The quantitative estimate of drug-likeness (QED) is 0.354. The van der Waals surface area contributed by atoms with Gasteiger partial charge in [0.05, 0.1) is 11.5 Å². The molecule has 4 saturated carbocycles. The Morgan fingerprint density at radius 2 is 1.57 bits per heavy atom. The molecule has 1 amide bonds. The van der Waals surface area contributed by atoms with Crippen LogP contribution < -0.4 is 0 Å². The van der Waals surface area contributed by atoms with E-state index < -0.39 is 17.4 Å². The number of allylic oxidation sites excluding steroid dienone is 2. The predicted molar refractivity (Wildman–Crippen MR) is 157 cm³/mol. The fourth-order valence-electron chi connectivity index (χ4n) is 12.2. The number of aliphatic hydroxyl groups excluding tert-OH is 1. The minimum Gasteiger partial charge on any atom is -0.480 e. The van der Waals surface area contributed by atoms with Crippen LogP contribution in [0.1, 0.15) is 126 Å². The van der Waals surface area contributed by atoms with Crippen LogP contribution in [0.4, 0.5) is 0 Å². The van der Waals surface area contributed by atoms with E-state index in [1.54, 1.807) is 10.5 Å². The zero-order chi connectivity index (χ0) is 29.1. The lowest BCUT2D eigenvalue weighted by Gasteiger charge is -2.71. The van der Waals surface area contributed by atoms with E-state index in [1.807, 2.05) is 0 Å². The molecule has 2 N–H and O–H groups in total. The maximum absolute atomic E-state index is 14.6. The first-order chi connectivity index (χ1) is 18.5. The van der Waals surface area contributed by atoms with Gasteiger partial charge in [-0.15, -0.1) is 0 Å². The second kappa shape index (κ2) is 8.83. The predicted octanol–water partition coefficient (Wildman–Crippen LogP) is 7.22. The number of rotatable bonds is 2. The van der Waals surface area contributed by atoms with E-state index in [9.17, 15) is 19.8 Å². The first-order valence-corrected chi connectivity index (χ1v) is 16.5. The molecule has 224 valence electrons. The highest BCUT2D eigenvalue weighted by molar-refractivity contribution is 5.89. The fourth-order valence-corrected chi connectivity index (χ4v) is 12.2. The summed E-state index contributed by atoms with van der Waals surface area (Å²) >= 11 is 0. The third-order valence-electron chi connectivity index (χ3n) is 14.8. The van der Waals surface area contributed by atoms with Gasteiger partial charge in [-0.3, -0.25) is 4.79 Å². The first kappa shape index (κ1) is 28.7. The smallest absolute Gasteiger partial charge is 0.326 e. The Kier molecular flexibility index (Phi) is 6.35. The van der Waals surface area contributed by atoms with E-state index in [1.165, 1.54) is 12.8 Å². The molecule has 5 heteroatoms. The Hall–Kier alpha value is -1.36. The molecule has 0 spiro atoms. The maximum atomic E-state index is 14.6. The minimum atomic E-state index is -0.839. The summed E-state index contributed by atoms with van der Waals surface area (Å²) < 4.78 is 0. The number of hydrogen-bond acceptors (Lipinski definition) is 3. The van der Waals surface area contributed by atoms with Crippen molar-refractivity contribution in [3.8, 4) is 0 Å². The third kappa shape index (κ3) is 3.60. The minimum absolute atomic E-state index is 0.0448. The molecule has 40 heavy (non-hydrogen) atoms. The average Bonchev–Trinajstić information content (AvgIpc) is 3.37. The molecular weight excluding hydrogens is 498 g/mol. The van der Waals surface area contributed by atoms with Crippen LogP contribution in [0.5, 0.6) is 0 Å². The number of aliphatic hydroxyl groups is 1. The monoisotopic (exact) mass is 553 g/mol. The van der Waals surface area contributed by atoms with E-state index >= 15 is 0 Å². The normalized spacial score (nSPS) is 49.1. The van der Waals surface area contributed by atoms with Crippen molar-refractivity contribution in [1.82, 2.24) is 4.90 Å². The summed E-state index contributed by atoms with van der Waals surface area (Å²) in [5, 5.41) is 21.0. The van der Waals surface area contributed by atoms with Crippen molar-refractivity contribution < 1.29 is 19.8 Å². The van der Waals surface area contributed by atoms with Crippen molar-refractivity contribution in [1.29, 1.82) is 0 Å². The topological polar surface area (TPSA) is 77.8 Å². The van der Waals surface area contributed by atoms with Crippen molar-refractivity contribution in [3.05, 3.63) is 11.6 Å². The Morgan fingerprint density at radius 3 is 2.27 bits per heavy atom. The summed E-state index contributed by atoms with van der Waals surface area (Å²) in [5.41, 5.74) is 1.62. The van der Waals surface area contributed by atoms with Crippen LogP contribution in [0.3, 0.4) is 0 Å². The van der Waals surface area contributed by atoms with Gasteiger partial charge in [-0.05, 0) is 122 Å². The molecule has 1 aliphatic heterocycles. The Bertz CT molecular complexity index is 1120. The van der Waals surface area contributed by atoms with Gasteiger partial charge in [0.2, 0.25) is 5.91 Å². The van der Waals surface area contributed by atoms with Crippen molar-refractivity contribution >= 4 is 11.9 Å². The molecule has 1 heterocycles. The van der Waals surface area contributed by atoms with E-state index in [0.717, 1.165) is 57.8 Å². The summed E-state index contributed by atoms with van der Waals surface area (Å²) in [7, 11) is 0. The van der Waals surface area contributed by atoms with Gasteiger partial charge in [0.25, 0.3) is 0 Å². The molecule has 1 unspecified atom stereocenters. The summed E-state index contributed by atoms with van der Waals surface area (Å²) in [5.74, 6) is 0.612. The van der Waals surface area contributed by atoms with Crippen molar-refractivity contribution in [2.45, 2.75) is 138 Å². The highest BCUT2D eigenvalue weighted by atomic mass is 16.4. The number of likely N-dealkylation sites (tertiary alicyclic amines) is 1. The molecule has 5 aliphatic carbocycles. The fraction of sp³-hybridized carbons (Fsp3) is 0.886. The number of amides is 1. The Labute approximate surface area is 242 Å². The van der Waals surface area contributed by atoms with Gasteiger partial charge in [-0.2, -0.15) is 0 Å². The number of carboxylic acids is 1. The SMILES string of the molecule is CC1(C)CC[C@]2(C(=O)N3CCC[C@H]3C(=O)O)CC[C@]3(C)C(=CCC4[C@@]5(C)CC[C@H](O)C(C)(C)[C@@H]5CC[C@]43C)[C@@H]2C1. The Balaban J connectivity index is 1.42. The number of fused-ring (bicyclic) bond motifs is 7. The van der Waals surface area contributed by atoms with Gasteiger partial charge in [0.1, 0.15) is 6.04 Å². The van der Waals surface area contributed by atoms with Gasteiger partial charge in [-0.25, -0.2) is 4.79 Å². The number of carbonyl (C=O) groups is 2. The average molecular weight is 554 g/mol. The maximum Gasteiger partial charge on any atom is 0.326 e. The van der Waals surface area contributed by atoms with Crippen LogP contribution in [-0.4, -0.2) is 45.7 Å². The standard InChI is InChI=1S/C35H55NO4/c1-30(2)16-18-35(29(40)36-20-8-9-24(36)28(38)39)19-17-33(6)22(23(35)21-30)10-11-26-32(5)14-13-27(37)31(3,4)25(32)12-15-34(26,33)7/h10,23-27,37H,8-9,11-21H2,1-7H3,(H,38,39)/t23-,24-,25-,26?,27-,32-,33+,34+,35-/m0/s1. The molecule has 1 saturated heterocycles. The number of hydrogen-bond donors (Lipinski definition) is 2. The molecule has 0 aromatic heterocycles. The molecule has 6 rings (SSSR count). The summed E-state index contributed by atoms with van der Waals surface area (Å²) in [6.07, 6.45) is 14.0. The second-order valence-corrected chi connectivity index (χ2v) is 17.2. The van der Waals surface area contributed by atoms with E-state index in [2.05, 4.69) is 54.5 Å². The highest BCUT2D eigenvalue weighted by Crippen LogP contribution is 2.76.